The molecule has 0 aliphatic heterocycles. The molecule has 1 aromatic rings. The number of hydrogen-bond donors (Lipinski definition) is 3. The summed E-state index contributed by atoms with van der Waals surface area (Å²) in [6.45, 7) is 5.67. The fourth-order valence-corrected chi connectivity index (χ4v) is 7.00. The second-order valence-electron chi connectivity index (χ2n) is 11.1. The number of fused-ring (bicyclic) bond motifs is 3. The van der Waals surface area contributed by atoms with E-state index in [-0.39, 0.29) is 24.2 Å². The van der Waals surface area contributed by atoms with E-state index in [0.29, 0.717) is 11.1 Å². The number of phenols is 1. The number of hydrogen-bond acceptors (Lipinski definition) is 8. The zero-order chi connectivity index (χ0) is 26.4. The zero-order valence-corrected chi connectivity index (χ0v) is 22.4. The molecule has 0 heterocycles. The fourth-order valence-electron chi connectivity index (χ4n) is 6.20. The molecule has 9 nitrogen and oxygen atoms in total. The van der Waals surface area contributed by atoms with Crippen molar-refractivity contribution < 1.29 is 34.2 Å². The number of aromatic hydroxyl groups is 1. The number of nitrogens with zero attached hydrogens (tertiary/aromatic N) is 1. The van der Waals surface area contributed by atoms with Crippen molar-refractivity contribution >= 4 is 51.6 Å². The van der Waals surface area contributed by atoms with Crippen molar-refractivity contribution in [3.8, 4) is 5.75 Å². The van der Waals surface area contributed by atoms with Gasteiger partial charge in [-0.3, -0.25) is 28.9 Å². The molecule has 188 valence electrons. The highest BCUT2D eigenvalue weighted by Gasteiger charge is 2.69. The number of amides is 1. The second-order valence-corrected chi connectivity index (χ2v) is 12.3. The molecule has 0 radical (unpaired) electrons. The van der Waals surface area contributed by atoms with Crippen LogP contribution < -0.4 is 5.73 Å². The summed E-state index contributed by atoms with van der Waals surface area (Å²) in [7, 11) is 3.12. The van der Waals surface area contributed by atoms with Crippen molar-refractivity contribution in [2.45, 2.75) is 50.7 Å². The fraction of sp³-hybridized carbons (Fsp3) is 0.560. The van der Waals surface area contributed by atoms with Gasteiger partial charge in [0.2, 0.25) is 5.91 Å². The first-order valence-electron chi connectivity index (χ1n) is 11.4. The summed E-state index contributed by atoms with van der Waals surface area (Å²) in [6.07, 6.45) is 0.309. The normalized spacial score (nSPS) is 32.9. The van der Waals surface area contributed by atoms with E-state index in [1.54, 1.807) is 14.1 Å². The predicted octanol–water partition coefficient (Wildman–Crippen LogP) is 0.769. The average Bonchev–Trinajstić information content (AvgIpc) is 2.71. The molecule has 10 heteroatoms. The summed E-state index contributed by atoms with van der Waals surface area (Å²) in [6, 6.07) is 0.726. The number of aliphatic hydroxyl groups is 1. The minimum absolute atomic E-state index is 0.0356. The quantitative estimate of drug-likeness (QED) is 0.334. The van der Waals surface area contributed by atoms with E-state index in [2.05, 4.69) is 22.6 Å². The van der Waals surface area contributed by atoms with Crippen LogP contribution in [0.25, 0.3) is 0 Å². The minimum Gasteiger partial charge on any atom is -0.507 e. The van der Waals surface area contributed by atoms with Crippen LogP contribution in [0.2, 0.25) is 0 Å². The third kappa shape index (κ3) is 3.51. The van der Waals surface area contributed by atoms with Gasteiger partial charge in [-0.1, -0.05) is 20.8 Å². The lowest BCUT2D eigenvalue weighted by molar-refractivity contribution is -0.181. The Kier molecular flexibility index (Phi) is 6.05. The average molecular weight is 596 g/mol. The van der Waals surface area contributed by atoms with E-state index < -0.39 is 69.8 Å². The lowest BCUT2D eigenvalue weighted by Gasteiger charge is -2.52. The van der Waals surface area contributed by atoms with Crippen molar-refractivity contribution in [3.63, 3.8) is 0 Å². The maximum absolute atomic E-state index is 13.8. The van der Waals surface area contributed by atoms with Gasteiger partial charge in [-0.2, -0.15) is 0 Å². The van der Waals surface area contributed by atoms with E-state index >= 15 is 0 Å². The number of rotatable bonds is 2. The molecular weight excluding hydrogens is 567 g/mol. The molecule has 35 heavy (non-hydrogen) atoms. The van der Waals surface area contributed by atoms with Crippen molar-refractivity contribution in [1.29, 1.82) is 0 Å². The molecule has 1 aromatic carbocycles. The molecule has 3 aliphatic rings. The maximum Gasteiger partial charge on any atom is 0.235 e. The number of Topliss-reactive ketones (excluding diaryl/α,β-unsaturated/α-hetero) is 4. The van der Waals surface area contributed by atoms with Crippen molar-refractivity contribution in [2.24, 2.45) is 29.4 Å². The summed E-state index contributed by atoms with van der Waals surface area (Å²) in [5.74, 6) is -10.2. The number of carbonyl (C=O) groups excluding carboxylic acids is 5. The van der Waals surface area contributed by atoms with Crippen LogP contribution >= 0.6 is 22.6 Å². The van der Waals surface area contributed by atoms with Gasteiger partial charge in [0.25, 0.3) is 0 Å². The van der Waals surface area contributed by atoms with Gasteiger partial charge in [-0.05, 0) is 72.5 Å². The molecule has 4 N–H and O–H groups in total. The van der Waals surface area contributed by atoms with Gasteiger partial charge in [-0.25, -0.2) is 0 Å². The van der Waals surface area contributed by atoms with E-state index in [0.717, 1.165) is 3.57 Å². The molecular formula is C25H29IN2O7. The van der Waals surface area contributed by atoms with Gasteiger partial charge in [0.1, 0.15) is 5.75 Å². The SMILES string of the molecule is CN(C)[C@@H]1C(=O)C(C(N)=O)C(=O)[C@@]2(O)C(=O)C3C(=O)c4c(O)c(C(C)(C)C)cc(I)c4C[C@H]3C[C@@H]12. The van der Waals surface area contributed by atoms with E-state index in [4.69, 9.17) is 5.73 Å². The molecule has 4 rings (SSSR count). The number of carbonyl (C=O) groups is 5. The van der Waals surface area contributed by atoms with Gasteiger partial charge in [0, 0.05) is 15.1 Å². The largest absolute Gasteiger partial charge is 0.507 e. The van der Waals surface area contributed by atoms with Crippen LogP contribution in [0.1, 0.15) is 48.7 Å². The Morgan fingerprint density at radius 2 is 1.77 bits per heavy atom. The first kappa shape index (κ1) is 25.9. The molecule has 6 atom stereocenters. The molecule has 1 amide bonds. The number of likely N-dealkylation sites (N-methyl/N-ethyl adjacent to an activating group) is 1. The van der Waals surface area contributed by atoms with Crippen LogP contribution in [0.15, 0.2) is 6.07 Å². The number of halogens is 1. The van der Waals surface area contributed by atoms with Crippen LogP contribution in [0.5, 0.6) is 5.75 Å². The van der Waals surface area contributed by atoms with E-state index in [1.807, 2.05) is 26.8 Å². The maximum atomic E-state index is 13.8. The predicted molar refractivity (Wildman–Crippen MR) is 133 cm³/mol. The molecule has 2 fully saturated rings. The second kappa shape index (κ2) is 8.17. The molecule has 3 aliphatic carbocycles. The van der Waals surface area contributed by atoms with Crippen LogP contribution in [-0.2, 0) is 31.0 Å². The number of ketones is 4. The first-order chi connectivity index (χ1) is 16.0. The summed E-state index contributed by atoms with van der Waals surface area (Å²) in [5, 5.41) is 22.7. The van der Waals surface area contributed by atoms with Gasteiger partial charge in [0.15, 0.2) is 34.7 Å². The van der Waals surface area contributed by atoms with Crippen molar-refractivity contribution in [1.82, 2.24) is 4.90 Å². The summed E-state index contributed by atoms with van der Waals surface area (Å²) in [5.41, 5.74) is 3.34. The highest BCUT2D eigenvalue weighted by Crippen LogP contribution is 2.52. The Balaban J connectivity index is 1.90. The summed E-state index contributed by atoms with van der Waals surface area (Å²) < 4.78 is 0.772. The number of primary amides is 1. The van der Waals surface area contributed by atoms with E-state index in [1.165, 1.54) is 4.90 Å². The molecule has 0 aromatic heterocycles. The van der Waals surface area contributed by atoms with Gasteiger partial charge in [0.05, 0.1) is 17.5 Å². The Morgan fingerprint density at radius 3 is 2.29 bits per heavy atom. The van der Waals surface area contributed by atoms with Gasteiger partial charge >= 0.3 is 0 Å². The monoisotopic (exact) mass is 596 g/mol. The zero-order valence-electron chi connectivity index (χ0n) is 20.2. The van der Waals surface area contributed by atoms with Crippen LogP contribution in [0.3, 0.4) is 0 Å². The number of phenolic OH excluding ortho intramolecular Hbond substituents is 1. The number of nitrogens with two attached hydrogens (primary N) is 1. The van der Waals surface area contributed by atoms with Gasteiger partial charge in [-0.15, -0.1) is 0 Å². The Labute approximate surface area is 216 Å². The van der Waals surface area contributed by atoms with Crippen molar-refractivity contribution in [3.05, 3.63) is 26.3 Å². The third-order valence-corrected chi connectivity index (χ3v) is 8.78. The van der Waals surface area contributed by atoms with Gasteiger partial charge < -0.3 is 15.9 Å². The Hall–Kier alpha value is -2.18. The highest BCUT2D eigenvalue weighted by atomic mass is 127. The molecule has 0 spiro atoms. The Bertz CT molecular complexity index is 1200. The topological polar surface area (TPSA) is 155 Å². The number of benzene rings is 1. The smallest absolute Gasteiger partial charge is 0.235 e. The minimum atomic E-state index is -2.71. The molecule has 0 saturated heterocycles. The van der Waals surface area contributed by atoms with Crippen LogP contribution in [0, 0.1) is 27.2 Å². The molecule has 2 saturated carbocycles. The Morgan fingerprint density at radius 1 is 1.17 bits per heavy atom. The standard InChI is InChI=1S/C25H29IN2O7/c1-24(2,3)12-8-13(26)10-6-9-7-11-17(28(4)5)20(31)16(23(27)34)22(33)25(11,35)21(32)14(9)19(30)15(10)18(12)29/h8-9,11,14,16-17,29,35H,6-7H2,1-5H3,(H2,27,34)/t9-,11-,14?,16?,17-,25-/m0/s1. The van der Waals surface area contributed by atoms with E-state index in [9.17, 15) is 34.2 Å². The third-order valence-electron chi connectivity index (χ3n) is 7.81. The summed E-state index contributed by atoms with van der Waals surface area (Å²) in [4.78, 5) is 67.4. The van der Waals surface area contributed by atoms with Crippen LogP contribution in [-0.4, -0.2) is 69.9 Å². The molecule has 2 unspecified atom stereocenters. The van der Waals surface area contributed by atoms with Crippen LogP contribution in [0.4, 0.5) is 0 Å². The highest BCUT2D eigenvalue weighted by molar-refractivity contribution is 14.1. The lowest BCUT2D eigenvalue weighted by Crippen LogP contribution is -2.74. The lowest BCUT2D eigenvalue weighted by atomic mass is 9.52. The van der Waals surface area contributed by atoms with Crippen molar-refractivity contribution in [2.75, 3.05) is 14.1 Å². The molecule has 0 bridgehead atoms. The summed E-state index contributed by atoms with van der Waals surface area (Å²) >= 11 is 2.11. The first-order valence-corrected chi connectivity index (χ1v) is 12.5.